The number of hydrogen-bond acceptors (Lipinski definition) is 3. The molecule has 0 aliphatic rings. The number of halogens is 1. The number of carbonyl (C=O) groups excluding carboxylic acids is 1. The van der Waals surface area contributed by atoms with Gasteiger partial charge in [-0.3, -0.25) is 9.78 Å². The minimum atomic E-state index is -1.34. The van der Waals surface area contributed by atoms with Gasteiger partial charge in [0.25, 0.3) is 0 Å². The normalized spacial score (nSPS) is 11.2. The molecule has 0 amide bonds. The maximum Gasteiger partial charge on any atom is 0.339 e. The third-order valence-corrected chi connectivity index (χ3v) is 2.79. The third-order valence-electron chi connectivity index (χ3n) is 2.79. The average Bonchev–Trinajstić information content (AvgIpc) is 2.44. The molecule has 0 saturated carbocycles. The Hall–Kier alpha value is -2.82. The highest BCUT2D eigenvalue weighted by Crippen LogP contribution is 2.14. The molecule has 2 rings (SSSR count). The molecule has 1 aromatic carbocycles. The van der Waals surface area contributed by atoms with Crippen LogP contribution in [0.5, 0.6) is 0 Å². The van der Waals surface area contributed by atoms with E-state index in [1.807, 2.05) is 6.92 Å². The van der Waals surface area contributed by atoms with Crippen LogP contribution >= 0.6 is 0 Å². The summed E-state index contributed by atoms with van der Waals surface area (Å²) in [6.07, 6.45) is 4.35. The van der Waals surface area contributed by atoms with E-state index < -0.39 is 23.1 Å². The molecule has 0 saturated heterocycles. The number of benzene rings is 1. The standard InChI is InChI=1S/C16H12FNO3/c1-10-6-11(9-18-8-10)7-14(16(20)21)15(19)12-2-4-13(17)5-3-12/h2-9H,1H3,(H,20,21)/b14-7-. The van der Waals surface area contributed by atoms with Crippen molar-refractivity contribution >= 4 is 17.8 Å². The lowest BCUT2D eigenvalue weighted by atomic mass is 10.0. The maximum atomic E-state index is 12.9. The van der Waals surface area contributed by atoms with E-state index in [4.69, 9.17) is 0 Å². The molecule has 4 nitrogen and oxygen atoms in total. The van der Waals surface area contributed by atoms with E-state index in [0.717, 1.165) is 17.7 Å². The lowest BCUT2D eigenvalue weighted by Crippen LogP contribution is -2.12. The van der Waals surface area contributed by atoms with E-state index in [-0.39, 0.29) is 5.56 Å². The Bertz CT molecular complexity index is 721. The number of hydrogen-bond donors (Lipinski definition) is 1. The molecule has 0 unspecified atom stereocenters. The van der Waals surface area contributed by atoms with E-state index in [0.29, 0.717) is 5.56 Å². The Labute approximate surface area is 120 Å². The number of rotatable bonds is 4. The van der Waals surface area contributed by atoms with Gasteiger partial charge in [0.1, 0.15) is 11.4 Å². The van der Waals surface area contributed by atoms with Gasteiger partial charge in [0.05, 0.1) is 0 Å². The minimum absolute atomic E-state index is 0.116. The number of Topliss-reactive ketones (excluding diaryl/α,β-unsaturated/α-hetero) is 1. The summed E-state index contributed by atoms with van der Waals surface area (Å²) in [7, 11) is 0. The fourth-order valence-electron chi connectivity index (χ4n) is 1.81. The summed E-state index contributed by atoms with van der Waals surface area (Å²) in [5.41, 5.74) is 1.09. The summed E-state index contributed by atoms with van der Waals surface area (Å²) in [5, 5.41) is 9.21. The third kappa shape index (κ3) is 3.60. The van der Waals surface area contributed by atoms with Crippen LogP contribution in [0.15, 0.2) is 48.3 Å². The van der Waals surface area contributed by atoms with Crippen LogP contribution in [0.1, 0.15) is 21.5 Å². The molecule has 1 aromatic heterocycles. The predicted octanol–water partition coefficient (Wildman–Crippen LogP) is 2.88. The van der Waals surface area contributed by atoms with Crippen molar-refractivity contribution in [1.82, 2.24) is 4.98 Å². The Morgan fingerprint density at radius 2 is 1.86 bits per heavy atom. The highest BCUT2D eigenvalue weighted by molar-refractivity contribution is 6.26. The van der Waals surface area contributed by atoms with Gasteiger partial charge in [0.15, 0.2) is 5.78 Å². The molecule has 0 aliphatic carbocycles. The first-order valence-electron chi connectivity index (χ1n) is 6.14. The Balaban J connectivity index is 2.41. The van der Waals surface area contributed by atoms with E-state index in [1.54, 1.807) is 12.3 Å². The van der Waals surface area contributed by atoms with Gasteiger partial charge in [-0.1, -0.05) is 0 Å². The van der Waals surface area contributed by atoms with Crippen LogP contribution in [0, 0.1) is 12.7 Å². The van der Waals surface area contributed by atoms with Crippen molar-refractivity contribution in [3.8, 4) is 0 Å². The zero-order valence-corrected chi connectivity index (χ0v) is 11.2. The number of aromatic nitrogens is 1. The van der Waals surface area contributed by atoms with Crippen molar-refractivity contribution in [3.63, 3.8) is 0 Å². The van der Waals surface area contributed by atoms with Crippen LogP contribution in [0.4, 0.5) is 4.39 Å². The van der Waals surface area contributed by atoms with Crippen molar-refractivity contribution in [1.29, 1.82) is 0 Å². The first kappa shape index (κ1) is 14.6. The molecule has 1 heterocycles. The summed E-state index contributed by atoms with van der Waals surface area (Å²) in [6, 6.07) is 6.45. The van der Waals surface area contributed by atoms with Crippen LogP contribution in [-0.2, 0) is 4.79 Å². The van der Waals surface area contributed by atoms with Crippen LogP contribution in [0.2, 0.25) is 0 Å². The van der Waals surface area contributed by atoms with Crippen molar-refractivity contribution < 1.29 is 19.1 Å². The van der Waals surface area contributed by atoms with Gasteiger partial charge >= 0.3 is 5.97 Å². The van der Waals surface area contributed by atoms with Crippen LogP contribution in [0.25, 0.3) is 6.08 Å². The highest BCUT2D eigenvalue weighted by Gasteiger charge is 2.19. The minimum Gasteiger partial charge on any atom is -0.478 e. The van der Waals surface area contributed by atoms with Crippen molar-refractivity contribution in [2.24, 2.45) is 0 Å². The summed E-state index contributed by atoms with van der Waals surface area (Å²) in [6.45, 7) is 1.81. The zero-order valence-electron chi connectivity index (χ0n) is 11.2. The van der Waals surface area contributed by atoms with Gasteiger partial charge in [-0.2, -0.15) is 0 Å². The van der Waals surface area contributed by atoms with Gasteiger partial charge in [0, 0.05) is 18.0 Å². The molecule has 106 valence electrons. The van der Waals surface area contributed by atoms with Crippen LogP contribution in [-0.4, -0.2) is 21.8 Å². The second-order valence-corrected chi connectivity index (χ2v) is 4.49. The number of aryl methyl sites for hydroxylation is 1. The molecule has 0 aliphatic heterocycles. The van der Waals surface area contributed by atoms with Gasteiger partial charge in [-0.05, 0) is 54.5 Å². The first-order chi connectivity index (χ1) is 9.97. The van der Waals surface area contributed by atoms with Gasteiger partial charge < -0.3 is 5.11 Å². The fraction of sp³-hybridized carbons (Fsp3) is 0.0625. The van der Waals surface area contributed by atoms with Gasteiger partial charge in [0.2, 0.25) is 0 Å². The largest absolute Gasteiger partial charge is 0.478 e. The monoisotopic (exact) mass is 285 g/mol. The number of nitrogens with zero attached hydrogens (tertiary/aromatic N) is 1. The summed E-state index contributed by atoms with van der Waals surface area (Å²) < 4.78 is 12.9. The Kier molecular flexibility index (Phi) is 4.23. The van der Waals surface area contributed by atoms with Gasteiger partial charge in [-0.25, -0.2) is 9.18 Å². The number of carboxylic acids is 1. The molecule has 0 bridgehead atoms. The van der Waals surface area contributed by atoms with Crippen LogP contribution in [0.3, 0.4) is 0 Å². The predicted molar refractivity (Wildman–Crippen MR) is 75.3 cm³/mol. The number of carbonyl (C=O) groups is 2. The molecule has 0 atom stereocenters. The molecule has 1 N–H and O–H groups in total. The van der Waals surface area contributed by atoms with E-state index in [1.165, 1.54) is 24.4 Å². The molecule has 21 heavy (non-hydrogen) atoms. The fourth-order valence-corrected chi connectivity index (χ4v) is 1.81. The van der Waals surface area contributed by atoms with Crippen molar-refractivity contribution in [2.75, 3.05) is 0 Å². The van der Waals surface area contributed by atoms with E-state index in [9.17, 15) is 19.1 Å². The zero-order chi connectivity index (χ0) is 15.4. The highest BCUT2D eigenvalue weighted by atomic mass is 19.1. The van der Waals surface area contributed by atoms with Crippen LogP contribution < -0.4 is 0 Å². The lowest BCUT2D eigenvalue weighted by Gasteiger charge is -2.03. The number of pyridine rings is 1. The number of ketones is 1. The maximum absolute atomic E-state index is 12.9. The van der Waals surface area contributed by atoms with Crippen molar-refractivity contribution in [2.45, 2.75) is 6.92 Å². The lowest BCUT2D eigenvalue weighted by molar-refractivity contribution is -0.132. The first-order valence-corrected chi connectivity index (χ1v) is 6.14. The smallest absolute Gasteiger partial charge is 0.339 e. The van der Waals surface area contributed by atoms with Crippen molar-refractivity contribution in [3.05, 3.63) is 70.8 Å². The second-order valence-electron chi connectivity index (χ2n) is 4.49. The molecule has 0 spiro atoms. The Morgan fingerprint density at radius 3 is 2.43 bits per heavy atom. The van der Waals surface area contributed by atoms with E-state index in [2.05, 4.69) is 4.98 Å². The SMILES string of the molecule is Cc1cncc(/C=C(\C(=O)O)C(=O)c2ccc(F)cc2)c1. The average molecular weight is 285 g/mol. The molecule has 2 aromatic rings. The topological polar surface area (TPSA) is 67.3 Å². The van der Waals surface area contributed by atoms with Gasteiger partial charge in [-0.15, -0.1) is 0 Å². The second kappa shape index (κ2) is 6.09. The summed E-state index contributed by atoms with van der Waals surface area (Å²) >= 11 is 0. The molecular formula is C16H12FNO3. The summed E-state index contributed by atoms with van der Waals surface area (Å²) in [5.74, 6) is -2.51. The number of aliphatic carboxylic acids is 1. The van der Waals surface area contributed by atoms with E-state index >= 15 is 0 Å². The quantitative estimate of drug-likeness (QED) is 0.406. The molecular weight excluding hydrogens is 273 g/mol. The molecule has 5 heteroatoms. The Morgan fingerprint density at radius 1 is 1.19 bits per heavy atom. The summed E-state index contributed by atoms with van der Waals surface area (Å²) in [4.78, 5) is 27.4. The number of carboxylic acid groups (broad SMARTS) is 1. The molecule has 0 fully saturated rings. The molecule has 0 radical (unpaired) electrons.